The molecule has 3 aromatic heterocycles. The van der Waals surface area contributed by atoms with E-state index in [4.69, 9.17) is 15.2 Å². The molecule has 0 amide bonds. The zero-order valence-corrected chi connectivity index (χ0v) is 16.4. The van der Waals surface area contributed by atoms with Crippen molar-refractivity contribution >= 4 is 17.0 Å². The van der Waals surface area contributed by atoms with E-state index in [2.05, 4.69) is 27.3 Å². The Bertz CT molecular complexity index is 1330. The molecular formula is C24H19N5O. The van der Waals surface area contributed by atoms with Crippen LogP contribution < -0.4 is 5.73 Å². The Balaban J connectivity index is 1.67. The van der Waals surface area contributed by atoms with Crippen molar-refractivity contribution in [1.82, 2.24) is 20.1 Å². The van der Waals surface area contributed by atoms with Crippen molar-refractivity contribution < 1.29 is 4.52 Å². The van der Waals surface area contributed by atoms with E-state index in [9.17, 15) is 0 Å². The maximum absolute atomic E-state index is 5.96. The maximum atomic E-state index is 5.96. The zero-order valence-electron chi connectivity index (χ0n) is 16.4. The third-order valence-electron chi connectivity index (χ3n) is 5.01. The van der Waals surface area contributed by atoms with E-state index in [1.165, 1.54) is 0 Å². The van der Waals surface area contributed by atoms with Gasteiger partial charge in [0.25, 0.3) is 0 Å². The van der Waals surface area contributed by atoms with Crippen LogP contribution in [0, 0.1) is 6.92 Å². The van der Waals surface area contributed by atoms with E-state index in [0.29, 0.717) is 17.7 Å². The average Bonchev–Trinajstić information content (AvgIpc) is 3.16. The number of aromatic nitrogens is 4. The highest BCUT2D eigenvalue weighted by atomic mass is 16.5. The summed E-state index contributed by atoms with van der Waals surface area (Å²) in [6.45, 7) is 1.89. The number of benzene rings is 2. The first-order chi connectivity index (χ1) is 14.7. The Labute approximate surface area is 173 Å². The first-order valence-electron chi connectivity index (χ1n) is 9.68. The molecule has 0 aliphatic heterocycles. The fraction of sp³-hybridized carbons (Fsp3) is 0.0833. The number of anilines is 1. The Morgan fingerprint density at radius 1 is 0.833 bits per heavy atom. The van der Waals surface area contributed by atoms with Gasteiger partial charge in [-0.05, 0) is 24.6 Å². The van der Waals surface area contributed by atoms with Crippen LogP contribution in [0.4, 0.5) is 5.95 Å². The average molecular weight is 393 g/mol. The van der Waals surface area contributed by atoms with Crippen LogP contribution in [0.1, 0.15) is 17.0 Å². The molecule has 0 aliphatic carbocycles. The summed E-state index contributed by atoms with van der Waals surface area (Å²) in [7, 11) is 0. The van der Waals surface area contributed by atoms with Gasteiger partial charge in [-0.3, -0.25) is 0 Å². The second kappa shape index (κ2) is 7.40. The summed E-state index contributed by atoms with van der Waals surface area (Å²) in [6.07, 6.45) is 0.620. The molecule has 0 saturated heterocycles. The van der Waals surface area contributed by atoms with Crippen LogP contribution in [0.15, 0.2) is 77.3 Å². The number of nitrogens with two attached hydrogens (primary N) is 1. The molecule has 0 radical (unpaired) electrons. The summed E-state index contributed by atoms with van der Waals surface area (Å²) in [4.78, 5) is 13.8. The van der Waals surface area contributed by atoms with Gasteiger partial charge in [0.15, 0.2) is 0 Å². The van der Waals surface area contributed by atoms with Crippen molar-refractivity contribution in [1.29, 1.82) is 0 Å². The first-order valence-corrected chi connectivity index (χ1v) is 9.68. The molecule has 0 spiro atoms. The summed E-state index contributed by atoms with van der Waals surface area (Å²) in [5.74, 6) is 0.954. The fourth-order valence-electron chi connectivity index (χ4n) is 3.61. The smallest absolute Gasteiger partial charge is 0.220 e. The molecule has 146 valence electrons. The van der Waals surface area contributed by atoms with Crippen molar-refractivity contribution in [2.45, 2.75) is 13.3 Å². The molecule has 0 bridgehead atoms. The molecule has 5 rings (SSSR count). The van der Waals surface area contributed by atoms with Gasteiger partial charge in [0, 0.05) is 12.0 Å². The SMILES string of the molecule is Cc1onc(-c2ccccc2)c1-c1ccc2nc(N)nc(Cc3ccccc3)c2n1. The molecule has 2 aromatic carbocycles. The van der Waals surface area contributed by atoms with Crippen LogP contribution in [0.25, 0.3) is 33.5 Å². The minimum absolute atomic E-state index is 0.245. The molecular weight excluding hydrogens is 374 g/mol. The van der Waals surface area contributed by atoms with Gasteiger partial charge in [0.1, 0.15) is 17.0 Å². The van der Waals surface area contributed by atoms with E-state index in [1.807, 2.05) is 67.6 Å². The van der Waals surface area contributed by atoms with Gasteiger partial charge in [-0.25, -0.2) is 15.0 Å². The highest BCUT2D eigenvalue weighted by molar-refractivity contribution is 5.85. The standard InChI is InChI=1S/C24H19N5O/c1-15-21(22(29-30-15)17-10-6-3-7-11-17)18-12-13-19-23(26-18)20(28-24(25)27-19)14-16-8-4-2-5-9-16/h2-13H,14H2,1H3,(H2,25,27,28). The van der Waals surface area contributed by atoms with E-state index < -0.39 is 0 Å². The quantitative estimate of drug-likeness (QED) is 0.470. The lowest BCUT2D eigenvalue weighted by molar-refractivity contribution is 0.400. The van der Waals surface area contributed by atoms with Gasteiger partial charge in [-0.1, -0.05) is 65.8 Å². The Hall–Kier alpha value is -4.06. The van der Waals surface area contributed by atoms with Gasteiger partial charge in [-0.15, -0.1) is 0 Å². The van der Waals surface area contributed by atoms with E-state index in [-0.39, 0.29) is 5.95 Å². The summed E-state index contributed by atoms with van der Waals surface area (Å²) < 4.78 is 5.52. The molecule has 0 unspecified atom stereocenters. The Morgan fingerprint density at radius 3 is 2.33 bits per heavy atom. The molecule has 30 heavy (non-hydrogen) atoms. The molecule has 6 nitrogen and oxygen atoms in total. The molecule has 6 heteroatoms. The zero-order chi connectivity index (χ0) is 20.5. The first kappa shape index (κ1) is 18.0. The van der Waals surface area contributed by atoms with Crippen molar-refractivity contribution in [3.05, 3.63) is 89.8 Å². The normalized spacial score (nSPS) is 11.1. The summed E-state index contributed by atoms with van der Waals surface area (Å²) in [5, 5.41) is 4.28. The van der Waals surface area contributed by atoms with Crippen LogP contribution in [0.5, 0.6) is 0 Å². The minimum Gasteiger partial charge on any atom is -0.368 e. The number of nitrogen functional groups attached to an aromatic ring is 1. The summed E-state index contributed by atoms with van der Waals surface area (Å²) in [5.41, 5.74) is 12.7. The van der Waals surface area contributed by atoms with Gasteiger partial charge < -0.3 is 10.3 Å². The predicted octanol–water partition coefficient (Wildman–Crippen LogP) is 4.83. The summed E-state index contributed by atoms with van der Waals surface area (Å²) in [6, 6.07) is 23.9. The largest absolute Gasteiger partial charge is 0.368 e. The Morgan fingerprint density at radius 2 is 1.57 bits per heavy atom. The van der Waals surface area contributed by atoms with Gasteiger partial charge in [-0.2, -0.15) is 0 Å². The fourth-order valence-corrected chi connectivity index (χ4v) is 3.61. The molecule has 0 atom stereocenters. The number of aryl methyl sites for hydroxylation is 1. The number of hydrogen-bond acceptors (Lipinski definition) is 6. The monoisotopic (exact) mass is 393 g/mol. The van der Waals surface area contributed by atoms with Crippen molar-refractivity contribution in [2.75, 3.05) is 5.73 Å². The number of rotatable bonds is 4. The predicted molar refractivity (Wildman–Crippen MR) is 117 cm³/mol. The second-order valence-corrected chi connectivity index (χ2v) is 7.08. The molecule has 0 fully saturated rings. The van der Waals surface area contributed by atoms with Crippen LogP contribution in [0.2, 0.25) is 0 Å². The lowest BCUT2D eigenvalue weighted by Crippen LogP contribution is -2.03. The Kier molecular flexibility index (Phi) is 4.44. The highest BCUT2D eigenvalue weighted by Crippen LogP contribution is 2.34. The van der Waals surface area contributed by atoms with Crippen LogP contribution >= 0.6 is 0 Å². The minimum atomic E-state index is 0.245. The molecule has 2 N–H and O–H groups in total. The number of hydrogen-bond donors (Lipinski definition) is 1. The number of fused-ring (bicyclic) bond motifs is 1. The van der Waals surface area contributed by atoms with Crippen LogP contribution in [-0.4, -0.2) is 20.1 Å². The topological polar surface area (TPSA) is 90.7 Å². The molecule has 0 aliphatic rings. The van der Waals surface area contributed by atoms with Crippen molar-refractivity contribution in [3.63, 3.8) is 0 Å². The van der Waals surface area contributed by atoms with Gasteiger partial charge >= 0.3 is 0 Å². The number of nitrogens with zero attached hydrogens (tertiary/aromatic N) is 4. The second-order valence-electron chi connectivity index (χ2n) is 7.08. The lowest BCUT2D eigenvalue weighted by Gasteiger charge is -2.09. The lowest BCUT2D eigenvalue weighted by atomic mass is 10.0. The molecule has 5 aromatic rings. The highest BCUT2D eigenvalue weighted by Gasteiger charge is 2.19. The molecule has 0 saturated carbocycles. The van der Waals surface area contributed by atoms with Gasteiger partial charge in [0.05, 0.1) is 22.5 Å². The number of pyridine rings is 1. The van der Waals surface area contributed by atoms with Crippen LogP contribution in [0.3, 0.4) is 0 Å². The summed E-state index contributed by atoms with van der Waals surface area (Å²) >= 11 is 0. The van der Waals surface area contributed by atoms with E-state index in [0.717, 1.165) is 39.3 Å². The maximum Gasteiger partial charge on any atom is 0.220 e. The van der Waals surface area contributed by atoms with Crippen molar-refractivity contribution in [3.8, 4) is 22.5 Å². The third-order valence-corrected chi connectivity index (χ3v) is 5.01. The van der Waals surface area contributed by atoms with Crippen LogP contribution in [-0.2, 0) is 6.42 Å². The van der Waals surface area contributed by atoms with E-state index >= 15 is 0 Å². The van der Waals surface area contributed by atoms with Gasteiger partial charge in [0.2, 0.25) is 5.95 Å². The third kappa shape index (κ3) is 3.28. The van der Waals surface area contributed by atoms with Crippen molar-refractivity contribution in [2.24, 2.45) is 0 Å². The molecule has 3 heterocycles. The van der Waals surface area contributed by atoms with E-state index in [1.54, 1.807) is 0 Å².